The van der Waals surface area contributed by atoms with Crippen LogP contribution < -0.4 is 4.74 Å². The zero-order valence-corrected chi connectivity index (χ0v) is 7.51. The van der Waals surface area contributed by atoms with E-state index in [9.17, 15) is 0 Å². The van der Waals surface area contributed by atoms with Crippen LogP contribution in [0.2, 0.25) is 5.02 Å². The highest BCUT2D eigenvalue weighted by molar-refractivity contribution is 6.32. The van der Waals surface area contributed by atoms with Crippen LogP contribution in [0.5, 0.6) is 5.75 Å². The molecule has 0 unspecified atom stereocenters. The van der Waals surface area contributed by atoms with Gasteiger partial charge in [0.2, 0.25) is 0 Å². The van der Waals surface area contributed by atoms with E-state index in [4.69, 9.17) is 21.4 Å². The Labute approximate surface area is 77.4 Å². The van der Waals surface area contributed by atoms with Crippen molar-refractivity contribution >= 4 is 19.1 Å². The molecule has 1 aromatic rings. The Kier molecular flexibility index (Phi) is 3.44. The lowest BCUT2D eigenvalue weighted by atomic mass is 9.90. The van der Waals surface area contributed by atoms with Crippen molar-refractivity contribution in [2.24, 2.45) is 0 Å². The molecule has 63 valence electrons. The fourth-order valence-electron chi connectivity index (χ4n) is 0.942. The molecule has 0 aliphatic rings. The number of methoxy groups -OCH3 is 1. The highest BCUT2D eigenvalue weighted by Gasteiger charge is 2.01. The van der Waals surface area contributed by atoms with Gasteiger partial charge in [-0.1, -0.05) is 23.2 Å². The van der Waals surface area contributed by atoms with Crippen molar-refractivity contribution in [3.63, 3.8) is 0 Å². The second-order valence-corrected chi connectivity index (χ2v) is 2.76. The van der Waals surface area contributed by atoms with Crippen molar-refractivity contribution in [2.75, 3.05) is 7.11 Å². The molecule has 0 atom stereocenters. The Hall–Kier alpha value is -0.665. The molecule has 1 radical (unpaired) electrons. The maximum absolute atomic E-state index is 8.54. The van der Waals surface area contributed by atoms with Crippen LogP contribution in [0.4, 0.5) is 0 Å². The Morgan fingerprint density at radius 3 is 2.83 bits per heavy atom. The third-order valence-electron chi connectivity index (χ3n) is 1.54. The summed E-state index contributed by atoms with van der Waals surface area (Å²) >= 11 is 5.84. The molecule has 12 heavy (non-hydrogen) atoms. The van der Waals surface area contributed by atoms with Gasteiger partial charge in [0.15, 0.2) is 0 Å². The van der Waals surface area contributed by atoms with Crippen LogP contribution in [0.25, 0.3) is 0 Å². The number of benzene rings is 1. The van der Waals surface area contributed by atoms with Gasteiger partial charge in [0.1, 0.15) is 5.75 Å². The van der Waals surface area contributed by atoms with E-state index >= 15 is 0 Å². The van der Waals surface area contributed by atoms with Gasteiger partial charge in [-0.05, 0) is 18.5 Å². The van der Waals surface area contributed by atoms with E-state index in [1.807, 2.05) is 6.07 Å². The van der Waals surface area contributed by atoms with Crippen molar-refractivity contribution in [3.05, 3.63) is 28.8 Å². The molecular weight excluding hydrogens is 174 g/mol. The summed E-state index contributed by atoms with van der Waals surface area (Å²) in [4.78, 5) is 0. The second-order valence-electron chi connectivity index (χ2n) is 2.36. The Morgan fingerprint density at radius 1 is 1.58 bits per heavy atom. The third kappa shape index (κ3) is 2.16. The topological polar surface area (TPSA) is 29.5 Å². The smallest absolute Gasteiger partial charge is 0.291 e. The summed E-state index contributed by atoms with van der Waals surface area (Å²) in [5.74, 6) is 0.651. The predicted molar refractivity (Wildman–Crippen MR) is 49.7 cm³/mol. The Balaban J connectivity index is 2.86. The number of hydrogen-bond acceptors (Lipinski definition) is 2. The highest BCUT2D eigenvalue weighted by atomic mass is 35.5. The van der Waals surface area contributed by atoms with E-state index in [0.29, 0.717) is 17.1 Å². The standard InChI is InChI=1S/C8H9BClO2/c1-12-8-3-2-6(5-9-11)4-7(8)10/h2-4,11H,5H2,1H3. The van der Waals surface area contributed by atoms with E-state index in [1.54, 1.807) is 19.2 Å². The first kappa shape index (κ1) is 9.42. The fourth-order valence-corrected chi connectivity index (χ4v) is 1.22. The summed E-state index contributed by atoms with van der Waals surface area (Å²) in [7, 11) is 2.66. The monoisotopic (exact) mass is 183 g/mol. The lowest BCUT2D eigenvalue weighted by molar-refractivity contribution is 0.415. The molecule has 1 aromatic carbocycles. The van der Waals surface area contributed by atoms with Crippen LogP contribution in [0.1, 0.15) is 5.56 Å². The van der Waals surface area contributed by atoms with Gasteiger partial charge in [0.25, 0.3) is 7.48 Å². The largest absolute Gasteiger partial charge is 0.495 e. The lowest BCUT2D eigenvalue weighted by Gasteiger charge is -2.03. The molecule has 0 saturated carbocycles. The van der Waals surface area contributed by atoms with Gasteiger partial charge in [0, 0.05) is 0 Å². The molecule has 0 aromatic heterocycles. The van der Waals surface area contributed by atoms with Crippen molar-refractivity contribution in [3.8, 4) is 5.75 Å². The number of ether oxygens (including phenoxy) is 1. The molecule has 0 bridgehead atoms. The number of rotatable bonds is 3. The lowest BCUT2D eigenvalue weighted by Crippen LogP contribution is -1.95. The van der Waals surface area contributed by atoms with E-state index in [2.05, 4.69) is 0 Å². The van der Waals surface area contributed by atoms with Crippen molar-refractivity contribution in [1.29, 1.82) is 0 Å². The fraction of sp³-hybridized carbons (Fsp3) is 0.250. The summed E-state index contributed by atoms with van der Waals surface area (Å²) in [6.07, 6.45) is 0.504. The molecule has 0 aliphatic carbocycles. The normalized spacial score (nSPS) is 9.58. The second kappa shape index (κ2) is 4.38. The maximum Gasteiger partial charge on any atom is 0.291 e. The molecule has 1 rings (SSSR count). The minimum atomic E-state index is 0.504. The van der Waals surface area contributed by atoms with Crippen LogP contribution >= 0.6 is 11.6 Å². The molecular formula is C8H9BClO2. The van der Waals surface area contributed by atoms with Gasteiger partial charge in [-0.3, -0.25) is 0 Å². The molecule has 1 N–H and O–H groups in total. The zero-order chi connectivity index (χ0) is 8.97. The van der Waals surface area contributed by atoms with Crippen LogP contribution in [0.3, 0.4) is 0 Å². The van der Waals surface area contributed by atoms with Crippen LogP contribution in [-0.2, 0) is 6.32 Å². The first-order valence-electron chi connectivity index (χ1n) is 3.56. The summed E-state index contributed by atoms with van der Waals surface area (Å²) in [6.45, 7) is 0. The molecule has 0 heterocycles. The van der Waals surface area contributed by atoms with Gasteiger partial charge in [0.05, 0.1) is 12.1 Å². The van der Waals surface area contributed by atoms with E-state index < -0.39 is 0 Å². The first-order chi connectivity index (χ1) is 5.77. The highest BCUT2D eigenvalue weighted by Crippen LogP contribution is 2.24. The predicted octanol–water partition coefficient (Wildman–Crippen LogP) is 1.46. The summed E-state index contributed by atoms with van der Waals surface area (Å²) in [5.41, 5.74) is 0.961. The Morgan fingerprint density at radius 2 is 2.33 bits per heavy atom. The first-order valence-corrected chi connectivity index (χ1v) is 3.94. The minimum Gasteiger partial charge on any atom is -0.495 e. The summed E-state index contributed by atoms with van der Waals surface area (Å²) in [5, 5.41) is 9.10. The number of halogens is 1. The molecule has 2 nitrogen and oxygen atoms in total. The molecule has 0 aliphatic heterocycles. The molecule has 0 spiro atoms. The van der Waals surface area contributed by atoms with E-state index in [-0.39, 0.29) is 0 Å². The van der Waals surface area contributed by atoms with Gasteiger partial charge in [-0.15, -0.1) is 0 Å². The average Bonchev–Trinajstić information content (AvgIpc) is 2.05. The van der Waals surface area contributed by atoms with E-state index in [1.165, 1.54) is 0 Å². The van der Waals surface area contributed by atoms with E-state index in [0.717, 1.165) is 13.0 Å². The maximum atomic E-state index is 8.54. The quantitative estimate of drug-likeness (QED) is 0.719. The molecule has 0 saturated heterocycles. The minimum absolute atomic E-state index is 0.504. The summed E-state index contributed by atoms with van der Waals surface area (Å²) < 4.78 is 4.97. The van der Waals surface area contributed by atoms with Crippen LogP contribution in [0.15, 0.2) is 18.2 Å². The van der Waals surface area contributed by atoms with Gasteiger partial charge in [-0.25, -0.2) is 0 Å². The number of hydrogen-bond donors (Lipinski definition) is 1. The van der Waals surface area contributed by atoms with Crippen molar-refractivity contribution < 1.29 is 9.76 Å². The summed E-state index contributed by atoms with van der Waals surface area (Å²) in [6, 6.07) is 5.41. The molecule has 0 amide bonds. The van der Waals surface area contributed by atoms with Crippen molar-refractivity contribution in [2.45, 2.75) is 6.32 Å². The Bertz CT molecular complexity index is 265. The zero-order valence-electron chi connectivity index (χ0n) is 6.75. The van der Waals surface area contributed by atoms with Gasteiger partial charge >= 0.3 is 0 Å². The molecule has 0 fully saturated rings. The average molecular weight is 183 g/mol. The third-order valence-corrected chi connectivity index (χ3v) is 1.84. The molecule has 4 heteroatoms. The van der Waals surface area contributed by atoms with Crippen LogP contribution in [-0.4, -0.2) is 19.6 Å². The van der Waals surface area contributed by atoms with Gasteiger partial charge < -0.3 is 9.76 Å². The van der Waals surface area contributed by atoms with Gasteiger partial charge in [-0.2, -0.15) is 0 Å². The van der Waals surface area contributed by atoms with Crippen LogP contribution in [0, 0.1) is 0 Å². The SMILES string of the molecule is COc1ccc(C[B]O)cc1Cl. The van der Waals surface area contributed by atoms with Crippen molar-refractivity contribution in [1.82, 2.24) is 0 Å².